The molecule has 19 heavy (non-hydrogen) atoms. The minimum atomic E-state index is 0.0633. The second-order valence-electron chi connectivity index (χ2n) is 5.45. The van der Waals surface area contributed by atoms with Gasteiger partial charge in [-0.25, -0.2) is 0 Å². The fourth-order valence-electron chi connectivity index (χ4n) is 2.30. The lowest BCUT2D eigenvalue weighted by molar-refractivity contribution is 0.244. The van der Waals surface area contributed by atoms with Crippen LogP contribution in [0.2, 0.25) is 0 Å². The van der Waals surface area contributed by atoms with Crippen molar-refractivity contribution in [1.29, 1.82) is 0 Å². The van der Waals surface area contributed by atoms with Gasteiger partial charge in [-0.1, -0.05) is 27.7 Å². The summed E-state index contributed by atoms with van der Waals surface area (Å²) >= 11 is 0. The summed E-state index contributed by atoms with van der Waals surface area (Å²) in [6.45, 7) is 12.1. The largest absolute Gasteiger partial charge is 0.497 e. The molecule has 1 aromatic rings. The minimum Gasteiger partial charge on any atom is -0.497 e. The molecule has 0 saturated heterocycles. The van der Waals surface area contributed by atoms with Gasteiger partial charge in [0.05, 0.1) is 14.2 Å². The Kier molecular flexibility index (Phi) is 5.67. The number of rotatable bonds is 7. The molecule has 0 spiro atoms. The Morgan fingerprint density at radius 3 is 1.79 bits per heavy atom. The van der Waals surface area contributed by atoms with Gasteiger partial charge >= 0.3 is 0 Å². The van der Waals surface area contributed by atoms with Crippen molar-refractivity contribution < 1.29 is 9.47 Å². The van der Waals surface area contributed by atoms with Crippen molar-refractivity contribution in [2.24, 2.45) is 0 Å². The molecule has 0 radical (unpaired) electrons. The van der Waals surface area contributed by atoms with E-state index in [9.17, 15) is 0 Å². The second kappa shape index (κ2) is 6.80. The first-order valence-corrected chi connectivity index (χ1v) is 6.92. The molecular weight excluding hydrogens is 238 g/mol. The average molecular weight is 265 g/mol. The maximum absolute atomic E-state index is 5.36. The normalized spacial score (nSPS) is 11.7. The highest BCUT2D eigenvalue weighted by atomic mass is 16.5. The van der Waals surface area contributed by atoms with E-state index in [0.29, 0.717) is 0 Å². The van der Waals surface area contributed by atoms with Crippen molar-refractivity contribution in [3.05, 3.63) is 23.8 Å². The van der Waals surface area contributed by atoms with E-state index in [4.69, 9.17) is 9.47 Å². The first kappa shape index (κ1) is 15.8. The molecular formula is C16H27NO2. The van der Waals surface area contributed by atoms with Gasteiger partial charge in [0.2, 0.25) is 0 Å². The molecule has 0 aliphatic rings. The molecule has 0 aliphatic carbocycles. The van der Waals surface area contributed by atoms with Gasteiger partial charge in [-0.3, -0.25) is 0 Å². The Labute approximate surface area is 117 Å². The Hall–Kier alpha value is -1.22. The number of nitrogens with zero attached hydrogens (tertiary/aromatic N) is 1. The SMILES string of the molecule is CCN(CC)CC(C)(C)c1cc(OC)cc(OC)c1. The molecule has 0 heterocycles. The Balaban J connectivity index is 3.04. The molecule has 0 bridgehead atoms. The second-order valence-corrected chi connectivity index (χ2v) is 5.45. The highest BCUT2D eigenvalue weighted by Crippen LogP contribution is 2.31. The van der Waals surface area contributed by atoms with Crippen LogP contribution >= 0.6 is 0 Å². The fraction of sp³-hybridized carbons (Fsp3) is 0.625. The van der Waals surface area contributed by atoms with Gasteiger partial charge in [-0.2, -0.15) is 0 Å². The summed E-state index contributed by atoms with van der Waals surface area (Å²) in [5.74, 6) is 1.70. The maximum Gasteiger partial charge on any atom is 0.122 e. The number of likely N-dealkylation sites (N-methyl/N-ethyl adjacent to an activating group) is 1. The molecule has 1 aromatic carbocycles. The van der Waals surface area contributed by atoms with Gasteiger partial charge in [0.1, 0.15) is 11.5 Å². The van der Waals surface area contributed by atoms with Crippen LogP contribution in [0.15, 0.2) is 18.2 Å². The van der Waals surface area contributed by atoms with Gasteiger partial charge in [0.15, 0.2) is 0 Å². The molecule has 0 fully saturated rings. The number of hydrogen-bond donors (Lipinski definition) is 0. The molecule has 0 amide bonds. The highest BCUT2D eigenvalue weighted by molar-refractivity contribution is 5.41. The third-order valence-corrected chi connectivity index (χ3v) is 3.65. The van der Waals surface area contributed by atoms with Crippen LogP contribution in [-0.4, -0.2) is 38.8 Å². The van der Waals surface area contributed by atoms with Crippen LogP contribution in [0.1, 0.15) is 33.3 Å². The summed E-state index contributed by atoms with van der Waals surface area (Å²) in [5, 5.41) is 0. The van der Waals surface area contributed by atoms with Crippen LogP contribution in [0.3, 0.4) is 0 Å². The summed E-state index contributed by atoms with van der Waals surface area (Å²) in [6, 6.07) is 6.12. The minimum absolute atomic E-state index is 0.0633. The zero-order chi connectivity index (χ0) is 14.5. The number of ether oxygens (including phenoxy) is 2. The lowest BCUT2D eigenvalue weighted by Gasteiger charge is -2.32. The summed E-state index contributed by atoms with van der Waals surface area (Å²) in [5.41, 5.74) is 1.31. The van der Waals surface area contributed by atoms with Gasteiger partial charge in [-0.05, 0) is 30.8 Å². The monoisotopic (exact) mass is 265 g/mol. The molecule has 0 saturated carbocycles. The van der Waals surface area contributed by atoms with Crippen LogP contribution < -0.4 is 9.47 Å². The van der Waals surface area contributed by atoms with Crippen LogP contribution in [0.25, 0.3) is 0 Å². The molecule has 3 nitrogen and oxygen atoms in total. The summed E-state index contributed by atoms with van der Waals surface area (Å²) in [7, 11) is 3.38. The zero-order valence-electron chi connectivity index (χ0n) is 13.1. The number of methoxy groups -OCH3 is 2. The van der Waals surface area contributed by atoms with Crippen LogP contribution in [0.5, 0.6) is 11.5 Å². The first-order chi connectivity index (χ1) is 8.96. The lowest BCUT2D eigenvalue weighted by atomic mass is 9.83. The standard InChI is InChI=1S/C16H27NO2/c1-7-17(8-2)12-16(3,4)13-9-14(18-5)11-15(10-13)19-6/h9-11H,7-8,12H2,1-6H3. The summed E-state index contributed by atoms with van der Waals surface area (Å²) in [6.07, 6.45) is 0. The highest BCUT2D eigenvalue weighted by Gasteiger charge is 2.24. The van der Waals surface area contributed by atoms with Crippen molar-refractivity contribution in [2.75, 3.05) is 33.9 Å². The predicted molar refractivity (Wildman–Crippen MR) is 80.4 cm³/mol. The van der Waals surface area contributed by atoms with Gasteiger partial charge in [-0.15, -0.1) is 0 Å². The zero-order valence-corrected chi connectivity index (χ0v) is 13.1. The molecule has 0 atom stereocenters. The molecule has 0 aliphatic heterocycles. The van der Waals surface area contributed by atoms with Gasteiger partial charge in [0, 0.05) is 18.0 Å². The third-order valence-electron chi connectivity index (χ3n) is 3.65. The van der Waals surface area contributed by atoms with E-state index in [0.717, 1.165) is 31.1 Å². The number of hydrogen-bond acceptors (Lipinski definition) is 3. The quantitative estimate of drug-likeness (QED) is 0.755. The van der Waals surface area contributed by atoms with E-state index < -0.39 is 0 Å². The van der Waals surface area contributed by atoms with Crippen molar-refractivity contribution in [2.45, 2.75) is 33.1 Å². The first-order valence-electron chi connectivity index (χ1n) is 6.92. The van der Waals surface area contributed by atoms with E-state index in [1.807, 2.05) is 6.07 Å². The Morgan fingerprint density at radius 1 is 0.947 bits per heavy atom. The van der Waals surface area contributed by atoms with Crippen molar-refractivity contribution in [3.8, 4) is 11.5 Å². The van der Waals surface area contributed by atoms with Crippen molar-refractivity contribution >= 4 is 0 Å². The fourth-order valence-corrected chi connectivity index (χ4v) is 2.30. The third kappa shape index (κ3) is 4.13. The van der Waals surface area contributed by atoms with Crippen molar-refractivity contribution in [3.63, 3.8) is 0 Å². The van der Waals surface area contributed by atoms with Crippen LogP contribution in [0, 0.1) is 0 Å². The van der Waals surface area contributed by atoms with Gasteiger partial charge < -0.3 is 14.4 Å². The predicted octanol–water partition coefficient (Wildman–Crippen LogP) is 3.32. The van der Waals surface area contributed by atoms with Crippen LogP contribution in [-0.2, 0) is 5.41 Å². The van der Waals surface area contributed by atoms with E-state index in [-0.39, 0.29) is 5.41 Å². The lowest BCUT2D eigenvalue weighted by Crippen LogP contribution is -2.36. The van der Waals surface area contributed by atoms with Crippen LogP contribution in [0.4, 0.5) is 0 Å². The van der Waals surface area contributed by atoms with Gasteiger partial charge in [0.25, 0.3) is 0 Å². The average Bonchev–Trinajstić information content (AvgIpc) is 2.43. The Morgan fingerprint density at radius 2 is 1.42 bits per heavy atom. The van der Waals surface area contributed by atoms with E-state index in [2.05, 4.69) is 44.7 Å². The Bertz CT molecular complexity index is 375. The summed E-state index contributed by atoms with van der Waals surface area (Å²) in [4.78, 5) is 2.44. The van der Waals surface area contributed by atoms with E-state index in [1.165, 1.54) is 5.56 Å². The smallest absolute Gasteiger partial charge is 0.122 e. The molecule has 108 valence electrons. The van der Waals surface area contributed by atoms with E-state index in [1.54, 1.807) is 14.2 Å². The maximum atomic E-state index is 5.36. The molecule has 0 aromatic heterocycles. The molecule has 0 N–H and O–H groups in total. The molecule has 1 rings (SSSR count). The number of benzene rings is 1. The summed E-state index contributed by atoms with van der Waals surface area (Å²) < 4.78 is 10.7. The van der Waals surface area contributed by atoms with Crippen molar-refractivity contribution in [1.82, 2.24) is 4.90 Å². The molecule has 3 heteroatoms. The molecule has 0 unspecified atom stereocenters. The van der Waals surface area contributed by atoms with E-state index >= 15 is 0 Å². The topological polar surface area (TPSA) is 21.7 Å².